The van der Waals surface area contributed by atoms with Gasteiger partial charge in [-0.25, -0.2) is 9.97 Å². The maximum Gasteiger partial charge on any atom is 0.270 e. The molecule has 0 radical (unpaired) electrons. The van der Waals surface area contributed by atoms with Gasteiger partial charge in [-0.1, -0.05) is 23.7 Å². The minimum absolute atomic E-state index is 0.251. The summed E-state index contributed by atoms with van der Waals surface area (Å²) in [5.74, 6) is 0.893. The fourth-order valence-corrected chi connectivity index (χ4v) is 2.57. The molecule has 0 aliphatic heterocycles. The first-order valence-electron chi connectivity index (χ1n) is 8.41. The van der Waals surface area contributed by atoms with Crippen molar-refractivity contribution in [2.24, 2.45) is 0 Å². The molecular weight excluding hydrogens is 364 g/mol. The van der Waals surface area contributed by atoms with Gasteiger partial charge in [0.2, 0.25) is 5.95 Å². The number of rotatable bonds is 7. The number of nitrogens with one attached hydrogen (secondary N) is 2. The molecule has 1 amide bonds. The van der Waals surface area contributed by atoms with Crippen LogP contribution in [0.25, 0.3) is 0 Å². The van der Waals surface area contributed by atoms with Crippen LogP contribution >= 0.6 is 11.6 Å². The molecule has 2 aromatic carbocycles. The first kappa shape index (κ1) is 18.7. The van der Waals surface area contributed by atoms with Gasteiger partial charge in [-0.15, -0.1) is 0 Å². The monoisotopic (exact) mass is 382 g/mol. The van der Waals surface area contributed by atoms with E-state index in [1.807, 2.05) is 36.4 Å². The molecule has 0 spiro atoms. The van der Waals surface area contributed by atoms with Gasteiger partial charge in [0.15, 0.2) is 0 Å². The maximum atomic E-state index is 12.3. The van der Waals surface area contributed by atoms with Gasteiger partial charge >= 0.3 is 0 Å². The molecule has 0 saturated heterocycles. The topological polar surface area (TPSA) is 76.1 Å². The number of hydrogen-bond acceptors (Lipinski definition) is 5. The quantitative estimate of drug-likeness (QED) is 0.649. The van der Waals surface area contributed by atoms with Crippen LogP contribution in [0.5, 0.6) is 5.75 Å². The minimum Gasteiger partial charge on any atom is -0.497 e. The van der Waals surface area contributed by atoms with Crippen LogP contribution in [0.1, 0.15) is 16.1 Å². The molecule has 0 aliphatic rings. The fourth-order valence-electron chi connectivity index (χ4n) is 2.45. The normalized spacial score (nSPS) is 10.3. The van der Waals surface area contributed by atoms with E-state index in [9.17, 15) is 4.79 Å². The van der Waals surface area contributed by atoms with Gasteiger partial charge < -0.3 is 15.4 Å². The van der Waals surface area contributed by atoms with Gasteiger partial charge in [-0.05, 0) is 54.4 Å². The molecule has 138 valence electrons. The zero-order valence-electron chi connectivity index (χ0n) is 14.8. The number of carbonyl (C=O) groups is 1. The Labute approximate surface area is 162 Å². The summed E-state index contributed by atoms with van der Waals surface area (Å²) in [5.41, 5.74) is 2.17. The lowest BCUT2D eigenvalue weighted by molar-refractivity contribution is 0.0949. The van der Waals surface area contributed by atoms with Crippen LogP contribution in [-0.2, 0) is 6.42 Å². The number of ether oxygens (including phenoxy) is 1. The van der Waals surface area contributed by atoms with E-state index in [4.69, 9.17) is 16.3 Å². The molecule has 0 atom stereocenters. The lowest BCUT2D eigenvalue weighted by Gasteiger charge is -2.08. The number of aromatic nitrogens is 2. The minimum atomic E-state index is -0.251. The van der Waals surface area contributed by atoms with E-state index in [0.29, 0.717) is 29.6 Å². The highest BCUT2D eigenvalue weighted by Gasteiger charge is 2.09. The van der Waals surface area contributed by atoms with Crippen LogP contribution in [0.4, 0.5) is 11.6 Å². The first-order valence-corrected chi connectivity index (χ1v) is 8.78. The molecule has 0 bridgehead atoms. The van der Waals surface area contributed by atoms with Crippen LogP contribution in [0, 0.1) is 0 Å². The van der Waals surface area contributed by atoms with Gasteiger partial charge in [0, 0.05) is 23.5 Å². The molecule has 0 saturated carbocycles. The maximum absolute atomic E-state index is 12.3. The van der Waals surface area contributed by atoms with Gasteiger partial charge in [-0.2, -0.15) is 0 Å². The van der Waals surface area contributed by atoms with E-state index < -0.39 is 0 Å². The molecule has 2 N–H and O–H groups in total. The van der Waals surface area contributed by atoms with Crippen molar-refractivity contribution in [2.75, 3.05) is 19.0 Å². The van der Waals surface area contributed by atoms with Gasteiger partial charge in [0.25, 0.3) is 5.91 Å². The number of benzene rings is 2. The van der Waals surface area contributed by atoms with Crippen molar-refractivity contribution in [1.82, 2.24) is 15.3 Å². The van der Waals surface area contributed by atoms with E-state index in [0.717, 1.165) is 17.0 Å². The highest BCUT2D eigenvalue weighted by molar-refractivity contribution is 6.30. The average molecular weight is 383 g/mol. The predicted molar refractivity (Wildman–Crippen MR) is 106 cm³/mol. The Morgan fingerprint density at radius 1 is 1.15 bits per heavy atom. The average Bonchev–Trinajstić information content (AvgIpc) is 2.70. The summed E-state index contributed by atoms with van der Waals surface area (Å²) in [6.45, 7) is 0.496. The van der Waals surface area contributed by atoms with Crippen molar-refractivity contribution in [2.45, 2.75) is 6.42 Å². The molecule has 1 heterocycles. The van der Waals surface area contributed by atoms with Crippen LogP contribution in [0.15, 0.2) is 60.8 Å². The SMILES string of the molecule is COc1cccc(CCNC(=O)c2ccnc(Nc3ccc(Cl)cc3)n2)c1. The number of halogens is 1. The molecule has 0 aliphatic carbocycles. The second-order valence-electron chi connectivity index (χ2n) is 5.75. The highest BCUT2D eigenvalue weighted by atomic mass is 35.5. The van der Waals surface area contributed by atoms with Crippen LogP contribution in [-0.4, -0.2) is 29.5 Å². The number of carbonyl (C=O) groups excluding carboxylic acids is 1. The molecule has 0 unspecified atom stereocenters. The van der Waals surface area contributed by atoms with Crippen molar-refractivity contribution in [3.8, 4) is 5.75 Å². The molecule has 3 rings (SSSR count). The summed E-state index contributed by atoms with van der Waals surface area (Å²) in [4.78, 5) is 20.7. The summed E-state index contributed by atoms with van der Waals surface area (Å²) in [5, 5.41) is 6.56. The second-order valence-corrected chi connectivity index (χ2v) is 6.19. The fraction of sp³-hybridized carbons (Fsp3) is 0.150. The standard InChI is InChI=1S/C20H19ClN4O2/c1-27-17-4-2-3-14(13-17)9-11-22-19(26)18-10-12-23-20(25-18)24-16-7-5-15(21)6-8-16/h2-8,10,12-13H,9,11H2,1H3,(H,22,26)(H,23,24,25). The second kappa shape index (κ2) is 9.00. The molecule has 3 aromatic rings. The number of hydrogen-bond donors (Lipinski definition) is 2. The van der Waals surface area contributed by atoms with Crippen molar-refractivity contribution in [1.29, 1.82) is 0 Å². The molecule has 7 heteroatoms. The van der Waals surface area contributed by atoms with E-state index in [1.54, 1.807) is 31.5 Å². The Bertz CT molecular complexity index is 916. The number of methoxy groups -OCH3 is 1. The van der Waals surface area contributed by atoms with Crippen LogP contribution in [0.3, 0.4) is 0 Å². The summed E-state index contributed by atoms with van der Waals surface area (Å²) < 4.78 is 5.20. The van der Waals surface area contributed by atoms with Gasteiger partial charge in [0.05, 0.1) is 7.11 Å². The van der Waals surface area contributed by atoms with Crippen molar-refractivity contribution in [3.05, 3.63) is 77.1 Å². The largest absolute Gasteiger partial charge is 0.497 e. The summed E-state index contributed by atoms with van der Waals surface area (Å²) in [6, 6.07) is 16.5. The van der Waals surface area contributed by atoms with E-state index in [1.165, 1.54) is 0 Å². The van der Waals surface area contributed by atoms with Crippen molar-refractivity contribution < 1.29 is 9.53 Å². The van der Waals surface area contributed by atoms with Crippen LogP contribution < -0.4 is 15.4 Å². The summed E-state index contributed by atoms with van der Waals surface area (Å²) in [6.07, 6.45) is 2.24. The van der Waals surface area contributed by atoms with Gasteiger partial charge in [0.1, 0.15) is 11.4 Å². The van der Waals surface area contributed by atoms with E-state index in [-0.39, 0.29) is 5.91 Å². The summed E-state index contributed by atoms with van der Waals surface area (Å²) in [7, 11) is 1.63. The zero-order chi connectivity index (χ0) is 19.1. The Morgan fingerprint density at radius 3 is 2.74 bits per heavy atom. The Morgan fingerprint density at radius 2 is 1.96 bits per heavy atom. The predicted octanol–water partition coefficient (Wildman–Crippen LogP) is 3.85. The van der Waals surface area contributed by atoms with E-state index >= 15 is 0 Å². The number of amides is 1. The lowest BCUT2D eigenvalue weighted by Crippen LogP contribution is -2.26. The highest BCUT2D eigenvalue weighted by Crippen LogP contribution is 2.16. The molecule has 0 fully saturated rings. The molecular formula is C20H19ClN4O2. The molecule has 27 heavy (non-hydrogen) atoms. The lowest BCUT2D eigenvalue weighted by atomic mass is 10.1. The van der Waals surface area contributed by atoms with Crippen molar-refractivity contribution >= 4 is 29.1 Å². The smallest absolute Gasteiger partial charge is 0.270 e. The third-order valence-corrected chi connectivity index (χ3v) is 4.07. The van der Waals surface area contributed by atoms with Crippen LogP contribution in [0.2, 0.25) is 5.02 Å². The van der Waals surface area contributed by atoms with Gasteiger partial charge in [-0.3, -0.25) is 4.79 Å². The number of anilines is 2. The van der Waals surface area contributed by atoms with E-state index in [2.05, 4.69) is 20.6 Å². The first-order chi connectivity index (χ1) is 13.1. The summed E-state index contributed by atoms with van der Waals surface area (Å²) >= 11 is 5.87. The molecule has 6 nitrogen and oxygen atoms in total. The Kier molecular flexibility index (Phi) is 6.22. The third kappa shape index (κ3) is 5.43. The molecule has 1 aromatic heterocycles. The van der Waals surface area contributed by atoms with Crippen molar-refractivity contribution in [3.63, 3.8) is 0 Å². The Hall–Kier alpha value is -3.12. The third-order valence-electron chi connectivity index (χ3n) is 3.82. The zero-order valence-corrected chi connectivity index (χ0v) is 15.5. The number of nitrogens with zero attached hydrogens (tertiary/aromatic N) is 2. The Balaban J connectivity index is 1.57.